The van der Waals surface area contributed by atoms with E-state index in [-0.39, 0.29) is 18.9 Å². The first kappa shape index (κ1) is 76.5. The topological polar surface area (TPSA) is 228 Å². The number of hydrogen-bond acceptors (Lipinski definition) is 13. The van der Waals surface area contributed by atoms with Crippen LogP contribution in [0.1, 0.15) is 264 Å². The van der Waals surface area contributed by atoms with Crippen molar-refractivity contribution in [3.8, 4) is 0 Å². The fourth-order valence-corrected chi connectivity index (χ4v) is 10.7. The number of hydrogen-bond donors (Lipinski definition) is 9. The van der Waals surface area contributed by atoms with Crippen molar-refractivity contribution < 1.29 is 64.6 Å². The molecule has 2 rings (SSSR count). The lowest BCUT2D eigenvalue weighted by Crippen LogP contribution is -2.65. The van der Waals surface area contributed by atoms with Crippen molar-refractivity contribution >= 4 is 5.91 Å². The van der Waals surface area contributed by atoms with Crippen LogP contribution in [0.25, 0.3) is 0 Å². The summed E-state index contributed by atoms with van der Waals surface area (Å²) in [7, 11) is 0. The quantitative estimate of drug-likeness (QED) is 0.0204. The minimum atomic E-state index is -1.80. The highest BCUT2D eigenvalue weighted by molar-refractivity contribution is 5.76. The van der Waals surface area contributed by atoms with E-state index in [0.29, 0.717) is 12.8 Å². The minimum absolute atomic E-state index is 0.258. The molecule has 0 saturated carbocycles. The van der Waals surface area contributed by atoms with Crippen LogP contribution >= 0.6 is 0 Å². The molecule has 482 valence electrons. The Morgan fingerprint density at radius 1 is 0.434 bits per heavy atom. The van der Waals surface area contributed by atoms with E-state index >= 15 is 0 Å². The SMILES string of the molecule is CCCCCCC/C=C\C/C=C\C/C=C\CCCCCCCCCCCCC(=O)NC(COC1OC(CO)C(OC2OC(CO)C(O)C(O)C2O)C(O)C1O)C(O)/C=C/CC/C=C/CC/C=C/CCCCCCCCCCCCCCCC. The zero-order valence-electron chi connectivity index (χ0n) is 52.2. The van der Waals surface area contributed by atoms with Crippen molar-refractivity contribution in [3.63, 3.8) is 0 Å². The van der Waals surface area contributed by atoms with Crippen molar-refractivity contribution in [1.29, 1.82) is 0 Å². The largest absolute Gasteiger partial charge is 0.394 e. The van der Waals surface area contributed by atoms with E-state index in [2.05, 4.69) is 79.9 Å². The molecule has 83 heavy (non-hydrogen) atoms. The second-order valence-electron chi connectivity index (χ2n) is 23.6. The van der Waals surface area contributed by atoms with Crippen LogP contribution in [0.5, 0.6) is 0 Å². The number of aliphatic hydroxyl groups is 8. The van der Waals surface area contributed by atoms with Gasteiger partial charge in [-0.15, -0.1) is 0 Å². The molecular weight excluding hydrogens is 1050 g/mol. The fraction of sp³-hybridized carbons (Fsp3) is 0.812. The average molecular weight is 1170 g/mol. The van der Waals surface area contributed by atoms with E-state index in [9.17, 15) is 45.6 Å². The summed E-state index contributed by atoms with van der Waals surface area (Å²) >= 11 is 0. The van der Waals surface area contributed by atoms with Crippen molar-refractivity contribution in [3.05, 3.63) is 72.9 Å². The predicted molar refractivity (Wildman–Crippen MR) is 337 cm³/mol. The molecule has 14 nitrogen and oxygen atoms in total. The highest BCUT2D eigenvalue weighted by Gasteiger charge is 2.51. The van der Waals surface area contributed by atoms with Gasteiger partial charge in [-0.2, -0.15) is 0 Å². The average Bonchev–Trinajstić information content (AvgIpc) is 3.65. The van der Waals surface area contributed by atoms with E-state index < -0.39 is 86.8 Å². The van der Waals surface area contributed by atoms with Gasteiger partial charge in [0.05, 0.1) is 32.0 Å². The molecule has 2 heterocycles. The van der Waals surface area contributed by atoms with Gasteiger partial charge in [0.25, 0.3) is 0 Å². The number of aliphatic hydroxyl groups excluding tert-OH is 8. The van der Waals surface area contributed by atoms with Crippen molar-refractivity contribution in [2.75, 3.05) is 19.8 Å². The molecule has 2 saturated heterocycles. The number of rotatable bonds is 54. The summed E-state index contributed by atoms with van der Waals surface area (Å²) in [6.45, 7) is 2.78. The van der Waals surface area contributed by atoms with E-state index in [1.807, 2.05) is 6.08 Å². The van der Waals surface area contributed by atoms with Gasteiger partial charge < -0.3 is 65.1 Å². The summed E-state index contributed by atoms with van der Waals surface area (Å²) in [5.41, 5.74) is 0. The van der Waals surface area contributed by atoms with Crippen molar-refractivity contribution in [1.82, 2.24) is 5.32 Å². The Labute approximate surface area is 504 Å². The summed E-state index contributed by atoms with van der Waals surface area (Å²) in [5.74, 6) is -0.258. The number of unbranched alkanes of at least 4 members (excludes halogenated alkanes) is 31. The van der Waals surface area contributed by atoms with E-state index in [4.69, 9.17) is 18.9 Å². The summed E-state index contributed by atoms with van der Waals surface area (Å²) in [6, 6.07) is -0.945. The van der Waals surface area contributed by atoms with Crippen LogP contribution in [-0.2, 0) is 23.7 Å². The van der Waals surface area contributed by atoms with E-state index in [0.717, 1.165) is 64.2 Å². The fourth-order valence-electron chi connectivity index (χ4n) is 10.7. The lowest BCUT2D eigenvalue weighted by Gasteiger charge is -2.46. The number of allylic oxidation sites excluding steroid dienone is 11. The maximum absolute atomic E-state index is 13.3. The number of nitrogens with one attached hydrogen (secondary N) is 1. The number of ether oxygens (including phenoxy) is 4. The molecule has 2 fully saturated rings. The molecule has 0 radical (unpaired) electrons. The third kappa shape index (κ3) is 38.4. The summed E-state index contributed by atoms with van der Waals surface area (Å²) in [5, 5.41) is 87.3. The first-order valence-electron chi connectivity index (χ1n) is 33.7. The maximum Gasteiger partial charge on any atom is 0.220 e. The number of amides is 1. The van der Waals surface area contributed by atoms with E-state index in [1.165, 1.54) is 167 Å². The van der Waals surface area contributed by atoms with Crippen molar-refractivity contribution in [2.45, 2.75) is 338 Å². The molecule has 0 bridgehead atoms. The molecular formula is C69H123NO13. The first-order chi connectivity index (χ1) is 40.6. The van der Waals surface area contributed by atoms with Gasteiger partial charge >= 0.3 is 0 Å². The lowest BCUT2D eigenvalue weighted by atomic mass is 9.97. The Kier molecular flexibility index (Phi) is 49.5. The summed E-state index contributed by atoms with van der Waals surface area (Å²) in [6.07, 6.45) is 55.2. The van der Waals surface area contributed by atoms with E-state index in [1.54, 1.807) is 6.08 Å². The van der Waals surface area contributed by atoms with Gasteiger partial charge in [0.15, 0.2) is 12.6 Å². The molecule has 0 spiro atoms. The van der Waals surface area contributed by atoms with Gasteiger partial charge in [0, 0.05) is 6.42 Å². The van der Waals surface area contributed by atoms with Crippen LogP contribution in [-0.4, -0.2) is 140 Å². The molecule has 9 N–H and O–H groups in total. The van der Waals surface area contributed by atoms with Gasteiger partial charge in [-0.1, -0.05) is 247 Å². The van der Waals surface area contributed by atoms with Crippen LogP contribution in [0.4, 0.5) is 0 Å². The van der Waals surface area contributed by atoms with Crippen molar-refractivity contribution in [2.24, 2.45) is 0 Å². The van der Waals surface area contributed by atoms with Gasteiger partial charge in [0.2, 0.25) is 5.91 Å². The van der Waals surface area contributed by atoms with Gasteiger partial charge in [-0.25, -0.2) is 0 Å². The zero-order chi connectivity index (χ0) is 60.2. The third-order valence-electron chi connectivity index (χ3n) is 16.1. The normalized spacial score (nSPS) is 24.3. The molecule has 12 unspecified atom stereocenters. The molecule has 0 aliphatic carbocycles. The summed E-state index contributed by atoms with van der Waals surface area (Å²) < 4.78 is 22.8. The molecule has 2 aliphatic rings. The molecule has 0 aromatic carbocycles. The molecule has 0 aromatic heterocycles. The Balaban J connectivity index is 1.74. The Morgan fingerprint density at radius 3 is 1.27 bits per heavy atom. The van der Waals surface area contributed by atoms with Gasteiger partial charge in [0.1, 0.15) is 48.8 Å². The first-order valence-corrected chi connectivity index (χ1v) is 33.7. The van der Waals surface area contributed by atoms with Gasteiger partial charge in [-0.3, -0.25) is 4.79 Å². The number of carbonyl (C=O) groups is 1. The van der Waals surface area contributed by atoms with Gasteiger partial charge in [-0.05, 0) is 83.5 Å². The van der Waals surface area contributed by atoms with Crippen LogP contribution < -0.4 is 5.32 Å². The monoisotopic (exact) mass is 1170 g/mol. The van der Waals surface area contributed by atoms with Crippen LogP contribution in [0.2, 0.25) is 0 Å². The second kappa shape index (κ2) is 53.7. The molecule has 14 heteroatoms. The number of carbonyl (C=O) groups excluding carboxylic acids is 1. The standard InChI is InChI=1S/C69H123NO13/c1-3-5-7-9-11-13-15-17-19-21-23-25-27-29-31-33-35-37-39-41-43-45-47-49-51-53-61(74)70-57(56-80-68-66(79)64(77)67(60(55-72)82-68)83-69-65(78)63(76)62(75)59(54-71)81-69)58(73)52-50-48-46-44-42-40-38-36-34-32-30-28-26-24-22-20-18-16-14-12-10-8-6-4-2/h15,17,21,23,27,29,34,36,42,44,50,52,57-60,62-69,71-73,75-79H,3-14,16,18-20,22,24-26,28,30-33,35,37-41,43,45-49,51,53-56H2,1-2H3,(H,70,74)/b17-15-,23-21-,29-27-,36-34+,44-42+,52-50+. The molecule has 1 amide bonds. The van der Waals surface area contributed by atoms with Crippen LogP contribution in [0.3, 0.4) is 0 Å². The highest BCUT2D eigenvalue weighted by Crippen LogP contribution is 2.30. The molecule has 2 aliphatic heterocycles. The van der Waals surface area contributed by atoms with Crippen LogP contribution in [0.15, 0.2) is 72.9 Å². The second-order valence-corrected chi connectivity index (χ2v) is 23.6. The highest BCUT2D eigenvalue weighted by atomic mass is 16.7. The third-order valence-corrected chi connectivity index (χ3v) is 16.1. The minimum Gasteiger partial charge on any atom is -0.394 e. The smallest absolute Gasteiger partial charge is 0.220 e. The van der Waals surface area contributed by atoms with Crippen LogP contribution in [0, 0.1) is 0 Å². The molecule has 0 aromatic rings. The molecule has 12 atom stereocenters. The predicted octanol–water partition coefficient (Wildman–Crippen LogP) is 13.1. The summed E-state index contributed by atoms with van der Waals surface area (Å²) in [4.78, 5) is 13.3. The zero-order valence-corrected chi connectivity index (χ0v) is 52.2. The lowest BCUT2D eigenvalue weighted by molar-refractivity contribution is -0.359. The Morgan fingerprint density at radius 2 is 0.807 bits per heavy atom. The Hall–Kier alpha value is -2.57. The maximum atomic E-state index is 13.3. The Bertz CT molecular complexity index is 1670.